The van der Waals surface area contributed by atoms with Gasteiger partial charge in [0.05, 0.1) is 36.8 Å². The van der Waals surface area contributed by atoms with Crippen molar-refractivity contribution in [3.8, 4) is 35.4 Å². The summed E-state index contributed by atoms with van der Waals surface area (Å²) in [6.45, 7) is 11.5. The topological polar surface area (TPSA) is 125 Å². The Morgan fingerprint density at radius 2 is 1.87 bits per heavy atom. The molecule has 0 radical (unpaired) electrons. The molecule has 0 spiro atoms. The van der Waals surface area contributed by atoms with Crippen LogP contribution in [-0.2, 0) is 14.3 Å². The first-order chi connectivity index (χ1) is 26.7. The Kier molecular flexibility index (Phi) is 10.5. The van der Waals surface area contributed by atoms with Crippen LogP contribution in [0.3, 0.4) is 0 Å². The monoisotopic (exact) mass is 753 g/mol. The highest BCUT2D eigenvalue weighted by atomic mass is 19.1. The lowest BCUT2D eigenvalue weighted by molar-refractivity contribution is -0.117. The molecule has 1 saturated carbocycles. The maximum absolute atomic E-state index is 17.2. The highest BCUT2D eigenvalue weighted by Crippen LogP contribution is 2.47. The van der Waals surface area contributed by atoms with Gasteiger partial charge in [0.25, 0.3) is 0 Å². The van der Waals surface area contributed by atoms with Crippen LogP contribution in [-0.4, -0.2) is 127 Å². The lowest BCUT2D eigenvalue weighted by Gasteiger charge is -2.34. The van der Waals surface area contributed by atoms with Crippen molar-refractivity contribution in [3.05, 3.63) is 60.3 Å². The standard InChI is InChI=1S/C41H45F2N7O5/c1-3-30-33(42)6-5-26-19-29(51)20-31(35(26)30)37-36(43)38-32(21-44-37)39(47-40(46-38)55-25-41(9-10-41)24-48-13-17-54-18-14-48)50-12-11-49(28-7-15-53-16-8-28)22-27(23-50)45-34(52)4-2/h1,4-6,19-21,27-28,51H,2,7-18,22-25H2,(H,45,52)/t27-/m1/s1. The number of aromatic nitrogens is 3. The number of ether oxygens (including phenoxy) is 3. The molecule has 3 aliphatic heterocycles. The Morgan fingerprint density at radius 3 is 2.62 bits per heavy atom. The van der Waals surface area contributed by atoms with Crippen molar-refractivity contribution in [2.75, 3.05) is 83.7 Å². The number of fused-ring (bicyclic) bond motifs is 2. The minimum atomic E-state index is -0.797. The molecule has 2 N–H and O–H groups in total. The minimum absolute atomic E-state index is 0.0140. The van der Waals surface area contributed by atoms with Gasteiger partial charge in [0.1, 0.15) is 28.6 Å². The van der Waals surface area contributed by atoms with Crippen LogP contribution in [0.4, 0.5) is 14.6 Å². The first-order valence-electron chi connectivity index (χ1n) is 19.0. The molecule has 14 heteroatoms. The zero-order valence-corrected chi connectivity index (χ0v) is 30.7. The number of anilines is 1. The number of halogens is 2. The first-order valence-corrected chi connectivity index (χ1v) is 19.0. The number of hydrogen-bond acceptors (Lipinski definition) is 11. The first kappa shape index (κ1) is 37.0. The molecule has 12 nitrogen and oxygen atoms in total. The molecule has 2 aromatic heterocycles. The molecule has 1 aliphatic carbocycles. The van der Waals surface area contributed by atoms with Crippen molar-refractivity contribution in [1.29, 1.82) is 0 Å². The molecular weight excluding hydrogens is 708 g/mol. The second-order valence-corrected chi connectivity index (χ2v) is 15.0. The van der Waals surface area contributed by atoms with Crippen molar-refractivity contribution < 1.29 is 32.9 Å². The fourth-order valence-electron chi connectivity index (χ4n) is 8.21. The van der Waals surface area contributed by atoms with Crippen molar-refractivity contribution in [2.45, 2.75) is 37.8 Å². The van der Waals surface area contributed by atoms with Crippen LogP contribution in [0.2, 0.25) is 0 Å². The number of morpholine rings is 1. The Hall–Kier alpha value is -4.94. The Balaban J connectivity index is 1.21. The normalized spacial score (nSPS) is 20.9. The molecule has 1 amide bonds. The summed E-state index contributed by atoms with van der Waals surface area (Å²) in [4.78, 5) is 33.6. The Labute approximate surface area is 318 Å². The Morgan fingerprint density at radius 1 is 1.09 bits per heavy atom. The molecule has 0 bridgehead atoms. The van der Waals surface area contributed by atoms with E-state index in [9.17, 15) is 9.90 Å². The molecule has 55 heavy (non-hydrogen) atoms. The van der Waals surface area contributed by atoms with Crippen molar-refractivity contribution >= 4 is 33.4 Å². The van der Waals surface area contributed by atoms with Gasteiger partial charge in [-0.3, -0.25) is 19.6 Å². The van der Waals surface area contributed by atoms with Gasteiger partial charge in [0, 0.05) is 87.6 Å². The molecule has 8 rings (SSSR count). The van der Waals surface area contributed by atoms with E-state index in [0.29, 0.717) is 75.8 Å². The molecule has 5 heterocycles. The predicted molar refractivity (Wildman–Crippen MR) is 204 cm³/mol. The number of amides is 1. The fourth-order valence-corrected chi connectivity index (χ4v) is 8.21. The summed E-state index contributed by atoms with van der Waals surface area (Å²) in [5.41, 5.74) is -0.213. The molecule has 2 aromatic carbocycles. The summed E-state index contributed by atoms with van der Waals surface area (Å²) in [6, 6.07) is 5.47. The maximum Gasteiger partial charge on any atom is 0.319 e. The van der Waals surface area contributed by atoms with Crippen molar-refractivity contribution in [1.82, 2.24) is 30.1 Å². The number of pyridine rings is 1. The molecule has 288 valence electrons. The molecule has 4 aromatic rings. The van der Waals surface area contributed by atoms with E-state index < -0.39 is 11.6 Å². The average Bonchev–Trinajstić information content (AvgIpc) is 4.00. The predicted octanol–water partition coefficient (Wildman–Crippen LogP) is 4.27. The van der Waals surface area contributed by atoms with Gasteiger partial charge >= 0.3 is 6.01 Å². The molecule has 4 aliphatic rings. The van der Waals surface area contributed by atoms with Gasteiger partial charge in [-0.05, 0) is 55.3 Å². The Bertz CT molecular complexity index is 2150. The SMILES string of the molecule is C#Cc1c(F)ccc2cc(O)cc(-c3ncc4c(N5CCN(C6CCOCC6)C[C@@H](NC(=O)C=C)C5)nc(OCC5(CN6CCOCC6)CC5)nc4c3F)c12. The number of carbonyl (C=O) groups excluding carboxylic acids is 1. The molecular formula is C41H45F2N7O5. The third-order valence-corrected chi connectivity index (χ3v) is 11.3. The van der Waals surface area contributed by atoms with E-state index >= 15 is 8.78 Å². The summed E-state index contributed by atoms with van der Waals surface area (Å²) in [5, 5.41) is 14.8. The van der Waals surface area contributed by atoms with Crippen molar-refractivity contribution in [2.24, 2.45) is 5.41 Å². The van der Waals surface area contributed by atoms with Crippen LogP contribution >= 0.6 is 0 Å². The summed E-state index contributed by atoms with van der Waals surface area (Å²) >= 11 is 0. The summed E-state index contributed by atoms with van der Waals surface area (Å²) in [5.74, 6) is 0.911. The number of nitrogens with one attached hydrogen (secondary N) is 1. The van der Waals surface area contributed by atoms with E-state index in [4.69, 9.17) is 25.6 Å². The fraction of sp³-hybridized carbons (Fsp3) is 0.463. The zero-order chi connectivity index (χ0) is 38.1. The lowest BCUT2D eigenvalue weighted by atomic mass is 9.96. The summed E-state index contributed by atoms with van der Waals surface area (Å²) in [6.07, 6.45) is 12.3. The van der Waals surface area contributed by atoms with Gasteiger partial charge in [-0.2, -0.15) is 9.97 Å². The number of hydrogen-bond donors (Lipinski definition) is 2. The number of nitrogens with zero attached hydrogens (tertiary/aromatic N) is 6. The summed E-state index contributed by atoms with van der Waals surface area (Å²) in [7, 11) is 0. The molecule has 1 atom stereocenters. The second kappa shape index (κ2) is 15.7. The number of phenolic OH excluding ortho intramolecular Hbond substituents is 1. The van der Waals surface area contributed by atoms with Crippen LogP contribution in [0.1, 0.15) is 31.2 Å². The third kappa shape index (κ3) is 7.80. The molecule has 0 unspecified atom stereocenters. The van der Waals surface area contributed by atoms with E-state index in [-0.39, 0.29) is 62.9 Å². The average molecular weight is 754 g/mol. The number of carbonyl (C=O) groups is 1. The quantitative estimate of drug-likeness (QED) is 0.178. The smallest absolute Gasteiger partial charge is 0.319 e. The van der Waals surface area contributed by atoms with Crippen LogP contribution in [0, 0.1) is 29.4 Å². The number of terminal acetylenes is 1. The number of benzene rings is 2. The van der Waals surface area contributed by atoms with Gasteiger partial charge in [-0.1, -0.05) is 18.6 Å². The molecule has 4 fully saturated rings. The van der Waals surface area contributed by atoms with Gasteiger partial charge in [0.15, 0.2) is 5.82 Å². The van der Waals surface area contributed by atoms with Crippen LogP contribution < -0.4 is 15.0 Å². The van der Waals surface area contributed by atoms with E-state index in [0.717, 1.165) is 45.3 Å². The van der Waals surface area contributed by atoms with E-state index in [1.54, 1.807) is 0 Å². The van der Waals surface area contributed by atoms with Gasteiger partial charge < -0.3 is 29.5 Å². The number of rotatable bonds is 10. The molecule has 3 saturated heterocycles. The van der Waals surface area contributed by atoms with Gasteiger partial charge in [-0.25, -0.2) is 8.78 Å². The zero-order valence-electron chi connectivity index (χ0n) is 30.7. The highest BCUT2D eigenvalue weighted by molar-refractivity contribution is 6.03. The number of phenols is 1. The van der Waals surface area contributed by atoms with Gasteiger partial charge in [0.2, 0.25) is 5.91 Å². The maximum atomic E-state index is 17.2. The minimum Gasteiger partial charge on any atom is -0.508 e. The third-order valence-electron chi connectivity index (χ3n) is 11.3. The highest BCUT2D eigenvalue weighted by Gasteiger charge is 2.45. The van der Waals surface area contributed by atoms with E-state index in [1.165, 1.54) is 36.5 Å². The van der Waals surface area contributed by atoms with Crippen LogP contribution in [0.15, 0.2) is 43.1 Å². The van der Waals surface area contributed by atoms with Crippen molar-refractivity contribution in [3.63, 3.8) is 0 Å². The van der Waals surface area contributed by atoms with Crippen LogP contribution in [0.25, 0.3) is 32.9 Å². The van der Waals surface area contributed by atoms with E-state index in [1.807, 2.05) is 4.90 Å². The lowest BCUT2D eigenvalue weighted by Crippen LogP contribution is -2.49. The second-order valence-electron chi connectivity index (χ2n) is 15.0. The summed E-state index contributed by atoms with van der Waals surface area (Å²) < 4.78 is 49.8. The van der Waals surface area contributed by atoms with Crippen LogP contribution in [0.5, 0.6) is 11.8 Å². The van der Waals surface area contributed by atoms with Gasteiger partial charge in [-0.15, -0.1) is 6.42 Å². The van der Waals surface area contributed by atoms with E-state index in [2.05, 4.69) is 37.6 Å². The number of aromatic hydroxyl groups is 1. The largest absolute Gasteiger partial charge is 0.508 e.